The summed E-state index contributed by atoms with van der Waals surface area (Å²) in [5.41, 5.74) is 5.11. The molecule has 1 aliphatic rings. The van der Waals surface area contributed by atoms with Gasteiger partial charge in [0.2, 0.25) is 5.90 Å². The highest BCUT2D eigenvalue weighted by molar-refractivity contribution is 5.95. The Kier molecular flexibility index (Phi) is 7.33. The summed E-state index contributed by atoms with van der Waals surface area (Å²) in [6.07, 6.45) is 3.52. The van der Waals surface area contributed by atoms with Crippen molar-refractivity contribution in [1.29, 1.82) is 0 Å². The van der Waals surface area contributed by atoms with Crippen LogP contribution in [0, 0.1) is 5.92 Å². The van der Waals surface area contributed by atoms with Crippen molar-refractivity contribution in [1.82, 2.24) is 0 Å². The molecule has 2 nitrogen and oxygen atoms in total. The van der Waals surface area contributed by atoms with Gasteiger partial charge in [0.15, 0.2) is 0 Å². The summed E-state index contributed by atoms with van der Waals surface area (Å²) in [6, 6.07) is 30.9. The number of nitrogens with zero attached hydrogens (tertiary/aromatic N) is 1. The van der Waals surface area contributed by atoms with E-state index in [1.54, 1.807) is 0 Å². The van der Waals surface area contributed by atoms with Gasteiger partial charge in [-0.15, -0.1) is 0 Å². The number of hydrogen-bond donors (Lipinski definition) is 0. The van der Waals surface area contributed by atoms with E-state index in [-0.39, 0.29) is 5.54 Å². The molecular formula is C31H37NO. The first kappa shape index (κ1) is 23.3. The van der Waals surface area contributed by atoms with Crippen molar-refractivity contribution < 1.29 is 4.74 Å². The van der Waals surface area contributed by atoms with Crippen LogP contribution in [0.5, 0.6) is 0 Å². The van der Waals surface area contributed by atoms with Crippen molar-refractivity contribution in [3.05, 3.63) is 107 Å². The van der Waals surface area contributed by atoms with E-state index in [9.17, 15) is 0 Å². The van der Waals surface area contributed by atoms with E-state index in [1.807, 2.05) is 0 Å². The van der Waals surface area contributed by atoms with Gasteiger partial charge in [-0.2, -0.15) is 0 Å². The molecule has 3 aromatic carbocycles. The highest BCUT2D eigenvalue weighted by Crippen LogP contribution is 2.38. The second kappa shape index (κ2) is 10.4. The molecule has 172 valence electrons. The molecule has 1 heterocycles. The average molecular weight is 440 g/mol. The van der Waals surface area contributed by atoms with Crippen molar-refractivity contribution in [2.24, 2.45) is 10.9 Å². The number of rotatable bonds is 9. The Bertz CT molecular complexity index is 1040. The molecule has 0 fully saturated rings. The number of hydrogen-bond acceptors (Lipinski definition) is 2. The van der Waals surface area contributed by atoms with Gasteiger partial charge in [0, 0.05) is 11.5 Å². The zero-order valence-corrected chi connectivity index (χ0v) is 20.5. The first-order chi connectivity index (χ1) is 15.9. The second-order valence-electron chi connectivity index (χ2n) is 10.2. The fraction of sp³-hybridized carbons (Fsp3) is 0.387. The third-order valence-corrected chi connectivity index (χ3v) is 6.90. The standard InChI is InChI=1S/C31H37NO/c1-5-23(2)20-28(24-12-8-6-9-13-24)21-29(25-14-10-7-11-15-25)26-16-18-27(19-17-26)30-32-31(3,4)22-33-30/h6-19,23,28-29H,5,20-22H2,1-4H3. The van der Waals surface area contributed by atoms with Crippen LogP contribution in [0.3, 0.4) is 0 Å². The molecule has 0 aromatic heterocycles. The first-order valence-electron chi connectivity index (χ1n) is 12.4. The van der Waals surface area contributed by atoms with Crippen molar-refractivity contribution >= 4 is 5.90 Å². The molecule has 1 aliphatic heterocycles. The molecule has 0 saturated carbocycles. The van der Waals surface area contributed by atoms with E-state index in [0.717, 1.165) is 17.9 Å². The maximum Gasteiger partial charge on any atom is 0.216 e. The summed E-state index contributed by atoms with van der Waals surface area (Å²) < 4.78 is 5.87. The Labute approximate surface area is 199 Å². The molecular weight excluding hydrogens is 402 g/mol. The molecule has 3 atom stereocenters. The van der Waals surface area contributed by atoms with E-state index >= 15 is 0 Å². The third-order valence-electron chi connectivity index (χ3n) is 6.90. The minimum Gasteiger partial charge on any atom is -0.475 e. The first-order valence-corrected chi connectivity index (χ1v) is 12.4. The second-order valence-corrected chi connectivity index (χ2v) is 10.2. The van der Waals surface area contributed by atoms with Gasteiger partial charge in [-0.1, -0.05) is 93.1 Å². The van der Waals surface area contributed by atoms with E-state index in [0.29, 0.717) is 24.4 Å². The van der Waals surface area contributed by atoms with Gasteiger partial charge in [-0.05, 0) is 67.3 Å². The average Bonchev–Trinajstić information content (AvgIpc) is 3.22. The van der Waals surface area contributed by atoms with Crippen LogP contribution < -0.4 is 0 Å². The smallest absolute Gasteiger partial charge is 0.216 e. The topological polar surface area (TPSA) is 21.6 Å². The van der Waals surface area contributed by atoms with Gasteiger partial charge in [-0.25, -0.2) is 4.99 Å². The van der Waals surface area contributed by atoms with Crippen molar-refractivity contribution in [2.45, 2.75) is 64.3 Å². The van der Waals surface area contributed by atoms with Gasteiger partial charge >= 0.3 is 0 Å². The lowest BCUT2D eigenvalue weighted by Gasteiger charge is -2.27. The van der Waals surface area contributed by atoms with E-state index in [1.165, 1.54) is 29.5 Å². The van der Waals surface area contributed by atoms with Gasteiger partial charge in [0.05, 0.1) is 5.54 Å². The monoisotopic (exact) mass is 439 g/mol. The SMILES string of the molecule is CCC(C)CC(CC(c1ccccc1)c1ccc(C2=NC(C)(C)CO2)cc1)c1ccccc1. The number of aliphatic imine (C=N–C) groups is 1. The summed E-state index contributed by atoms with van der Waals surface area (Å²) in [5.74, 6) is 2.34. The van der Waals surface area contributed by atoms with Crippen LogP contribution in [-0.4, -0.2) is 18.0 Å². The summed E-state index contributed by atoms with van der Waals surface area (Å²) in [6.45, 7) is 9.55. The molecule has 0 saturated heterocycles. The molecule has 0 aliphatic carbocycles. The predicted molar refractivity (Wildman–Crippen MR) is 139 cm³/mol. The van der Waals surface area contributed by atoms with Crippen LogP contribution in [-0.2, 0) is 4.74 Å². The number of benzene rings is 3. The van der Waals surface area contributed by atoms with Crippen LogP contribution in [0.2, 0.25) is 0 Å². The summed E-state index contributed by atoms with van der Waals surface area (Å²) in [4.78, 5) is 4.75. The summed E-state index contributed by atoms with van der Waals surface area (Å²) >= 11 is 0. The molecule has 0 bridgehead atoms. The molecule has 33 heavy (non-hydrogen) atoms. The molecule has 3 aromatic rings. The van der Waals surface area contributed by atoms with Gasteiger partial charge in [0.25, 0.3) is 0 Å². The van der Waals surface area contributed by atoms with Gasteiger partial charge < -0.3 is 4.74 Å². The van der Waals surface area contributed by atoms with E-state index in [4.69, 9.17) is 9.73 Å². The normalized spacial score (nSPS) is 17.6. The largest absolute Gasteiger partial charge is 0.475 e. The Hall–Kier alpha value is -2.87. The molecule has 0 N–H and O–H groups in total. The molecule has 2 heteroatoms. The van der Waals surface area contributed by atoms with Gasteiger partial charge in [-0.3, -0.25) is 0 Å². The van der Waals surface area contributed by atoms with Crippen LogP contribution in [0.15, 0.2) is 89.9 Å². The third kappa shape index (κ3) is 5.93. The minimum atomic E-state index is -0.139. The molecule has 0 spiro atoms. The maximum absolute atomic E-state index is 5.87. The Morgan fingerprint density at radius 1 is 0.788 bits per heavy atom. The highest BCUT2D eigenvalue weighted by Gasteiger charge is 2.27. The maximum atomic E-state index is 5.87. The Morgan fingerprint density at radius 3 is 1.91 bits per heavy atom. The van der Waals surface area contributed by atoms with Gasteiger partial charge in [0.1, 0.15) is 6.61 Å². The summed E-state index contributed by atoms with van der Waals surface area (Å²) in [5, 5.41) is 0. The van der Waals surface area contributed by atoms with Crippen LogP contribution in [0.1, 0.15) is 81.0 Å². The highest BCUT2D eigenvalue weighted by atomic mass is 16.5. The summed E-state index contributed by atoms with van der Waals surface area (Å²) in [7, 11) is 0. The molecule has 0 amide bonds. The van der Waals surface area contributed by atoms with E-state index in [2.05, 4.69) is 113 Å². The van der Waals surface area contributed by atoms with Crippen molar-refractivity contribution in [2.75, 3.05) is 6.61 Å². The van der Waals surface area contributed by atoms with Crippen LogP contribution >= 0.6 is 0 Å². The van der Waals surface area contributed by atoms with Crippen molar-refractivity contribution in [3.63, 3.8) is 0 Å². The lowest BCUT2D eigenvalue weighted by atomic mass is 9.77. The predicted octanol–water partition coefficient (Wildman–Crippen LogP) is 7.98. The lowest BCUT2D eigenvalue weighted by Crippen LogP contribution is -2.17. The van der Waals surface area contributed by atoms with Crippen LogP contribution in [0.25, 0.3) is 0 Å². The Morgan fingerprint density at radius 2 is 1.36 bits per heavy atom. The zero-order valence-electron chi connectivity index (χ0n) is 20.5. The lowest BCUT2D eigenvalue weighted by molar-refractivity contribution is 0.279. The fourth-order valence-corrected chi connectivity index (χ4v) is 4.77. The molecule has 3 unspecified atom stereocenters. The quantitative estimate of drug-likeness (QED) is 0.331. The molecule has 4 rings (SSSR count). The Balaban J connectivity index is 1.65. The van der Waals surface area contributed by atoms with Crippen molar-refractivity contribution in [3.8, 4) is 0 Å². The number of ether oxygens (including phenoxy) is 1. The van der Waals surface area contributed by atoms with E-state index < -0.39 is 0 Å². The zero-order chi connectivity index (χ0) is 23.3. The van der Waals surface area contributed by atoms with Crippen LogP contribution in [0.4, 0.5) is 0 Å². The molecule has 0 radical (unpaired) electrons. The minimum absolute atomic E-state index is 0.139. The fourth-order valence-electron chi connectivity index (χ4n) is 4.77.